The van der Waals surface area contributed by atoms with Crippen LogP contribution in [0, 0.1) is 13.8 Å². The topological polar surface area (TPSA) is 54.3 Å². The van der Waals surface area contributed by atoms with Crippen LogP contribution in [0.15, 0.2) is 41.0 Å². The van der Waals surface area contributed by atoms with E-state index in [4.69, 9.17) is 39.2 Å². The highest BCUT2D eigenvalue weighted by Gasteiger charge is 2.35. The average molecular weight is 362 g/mol. The van der Waals surface area contributed by atoms with E-state index in [1.807, 2.05) is 32.0 Å². The summed E-state index contributed by atoms with van der Waals surface area (Å²) in [6.07, 6.45) is 0.479. The molecule has 0 radical (unpaired) electrons. The van der Waals surface area contributed by atoms with Crippen molar-refractivity contribution < 1.29 is 9.21 Å². The summed E-state index contributed by atoms with van der Waals surface area (Å²) in [6.45, 7) is 3.88. The Kier molecular flexibility index (Phi) is 5.27. The Labute approximate surface area is 143 Å². The molecule has 0 unspecified atom stereocenters. The first-order valence-electron chi connectivity index (χ1n) is 6.52. The quantitative estimate of drug-likeness (QED) is 0.625. The lowest BCUT2D eigenvalue weighted by Gasteiger charge is -2.28. The van der Waals surface area contributed by atoms with E-state index in [2.05, 4.69) is 10.6 Å². The predicted molar refractivity (Wildman–Crippen MR) is 89.8 cm³/mol. The molecule has 1 atom stereocenters. The van der Waals surface area contributed by atoms with E-state index in [0.717, 1.165) is 16.8 Å². The molecule has 0 aliphatic carbocycles. The highest BCUT2D eigenvalue weighted by Crippen LogP contribution is 2.32. The molecule has 0 bridgehead atoms. The fourth-order valence-corrected chi connectivity index (χ4v) is 2.18. The summed E-state index contributed by atoms with van der Waals surface area (Å²) in [7, 11) is 0. The van der Waals surface area contributed by atoms with Crippen molar-refractivity contribution in [2.24, 2.45) is 0 Å². The summed E-state index contributed by atoms with van der Waals surface area (Å²) in [5.74, 6) is -0.332. The summed E-state index contributed by atoms with van der Waals surface area (Å²) >= 11 is 17.9. The first-order chi connectivity index (χ1) is 10.3. The Balaban J connectivity index is 2.20. The number of hydrogen-bond acceptors (Lipinski definition) is 3. The van der Waals surface area contributed by atoms with Gasteiger partial charge in [0.1, 0.15) is 6.17 Å². The molecule has 22 heavy (non-hydrogen) atoms. The fraction of sp³-hybridized carbons (Fsp3) is 0.267. The Morgan fingerprint density at radius 2 is 1.95 bits per heavy atom. The molecule has 0 saturated heterocycles. The van der Waals surface area contributed by atoms with Gasteiger partial charge in [0.25, 0.3) is 5.91 Å². The Bertz CT molecular complexity index is 651. The summed E-state index contributed by atoms with van der Waals surface area (Å²) < 4.78 is 3.30. The van der Waals surface area contributed by atoms with Crippen LogP contribution in [0.2, 0.25) is 0 Å². The van der Waals surface area contributed by atoms with Crippen molar-refractivity contribution in [2.45, 2.75) is 23.8 Å². The molecule has 0 saturated carbocycles. The van der Waals surface area contributed by atoms with Crippen LogP contribution in [0.3, 0.4) is 0 Å². The van der Waals surface area contributed by atoms with Gasteiger partial charge in [-0.3, -0.25) is 4.79 Å². The van der Waals surface area contributed by atoms with Crippen molar-refractivity contribution >= 4 is 46.4 Å². The minimum absolute atomic E-state index is 0.141. The van der Waals surface area contributed by atoms with Crippen molar-refractivity contribution in [1.29, 1.82) is 0 Å². The van der Waals surface area contributed by atoms with Gasteiger partial charge >= 0.3 is 0 Å². The molecular formula is C15H15Cl3N2O2. The largest absolute Gasteiger partial charge is 0.459 e. The molecule has 1 aromatic carbocycles. The Hall–Kier alpha value is -1.36. The molecule has 118 valence electrons. The van der Waals surface area contributed by atoms with Crippen LogP contribution >= 0.6 is 34.8 Å². The number of halogens is 3. The zero-order valence-corrected chi connectivity index (χ0v) is 14.3. The SMILES string of the molecule is Cc1ccc(C)c(N[C@@H](NC(=O)c2ccco2)C(Cl)(Cl)Cl)c1. The van der Waals surface area contributed by atoms with Crippen LogP contribution in [0.4, 0.5) is 5.69 Å². The number of rotatable bonds is 4. The molecule has 2 rings (SSSR count). The van der Waals surface area contributed by atoms with Crippen LogP contribution < -0.4 is 10.6 Å². The number of benzene rings is 1. The number of anilines is 1. The van der Waals surface area contributed by atoms with Gasteiger partial charge < -0.3 is 15.1 Å². The summed E-state index contributed by atoms with van der Waals surface area (Å²) in [5, 5.41) is 5.67. The number of carbonyl (C=O) groups is 1. The second kappa shape index (κ2) is 6.82. The summed E-state index contributed by atoms with van der Waals surface area (Å²) in [4.78, 5) is 12.1. The van der Waals surface area contributed by atoms with E-state index in [-0.39, 0.29) is 5.76 Å². The maximum atomic E-state index is 12.1. The molecule has 0 aliphatic heterocycles. The first kappa shape index (κ1) is 17.0. The Morgan fingerprint density at radius 3 is 2.55 bits per heavy atom. The third-order valence-corrected chi connectivity index (χ3v) is 3.70. The second-order valence-corrected chi connectivity index (χ2v) is 7.26. The zero-order valence-electron chi connectivity index (χ0n) is 12.0. The molecule has 0 spiro atoms. The third-order valence-electron chi connectivity index (χ3n) is 3.04. The van der Waals surface area contributed by atoms with Crippen LogP contribution in [0.25, 0.3) is 0 Å². The minimum Gasteiger partial charge on any atom is -0.459 e. The molecule has 0 fully saturated rings. The van der Waals surface area contributed by atoms with Gasteiger partial charge in [-0.1, -0.05) is 46.9 Å². The Morgan fingerprint density at radius 1 is 1.23 bits per heavy atom. The number of aryl methyl sites for hydroxylation is 2. The molecule has 1 amide bonds. The fourth-order valence-electron chi connectivity index (χ4n) is 1.86. The average Bonchev–Trinajstić information content (AvgIpc) is 2.95. The maximum Gasteiger partial charge on any atom is 0.288 e. The third kappa shape index (κ3) is 4.32. The van der Waals surface area contributed by atoms with Crippen LogP contribution in [0.5, 0.6) is 0 Å². The van der Waals surface area contributed by atoms with Gasteiger partial charge in [-0.2, -0.15) is 0 Å². The number of furan rings is 1. The minimum atomic E-state index is -1.74. The first-order valence-corrected chi connectivity index (χ1v) is 7.65. The van der Waals surface area contributed by atoms with Crippen molar-refractivity contribution in [3.05, 3.63) is 53.5 Å². The van der Waals surface area contributed by atoms with Crippen molar-refractivity contribution in [3.8, 4) is 0 Å². The van der Waals surface area contributed by atoms with E-state index in [9.17, 15) is 4.79 Å². The van der Waals surface area contributed by atoms with Gasteiger partial charge in [-0.05, 0) is 43.2 Å². The molecule has 1 heterocycles. The maximum absolute atomic E-state index is 12.1. The normalized spacial score (nSPS) is 12.8. The molecule has 2 N–H and O–H groups in total. The van der Waals surface area contributed by atoms with Gasteiger partial charge in [0, 0.05) is 5.69 Å². The van der Waals surface area contributed by atoms with Gasteiger partial charge in [0.05, 0.1) is 6.26 Å². The monoisotopic (exact) mass is 360 g/mol. The number of amides is 1. The van der Waals surface area contributed by atoms with E-state index >= 15 is 0 Å². The highest BCUT2D eigenvalue weighted by atomic mass is 35.6. The zero-order chi connectivity index (χ0) is 16.3. The highest BCUT2D eigenvalue weighted by molar-refractivity contribution is 6.68. The lowest BCUT2D eigenvalue weighted by Crippen LogP contribution is -2.49. The van der Waals surface area contributed by atoms with Crippen molar-refractivity contribution in [1.82, 2.24) is 5.32 Å². The molecule has 4 nitrogen and oxygen atoms in total. The van der Waals surface area contributed by atoms with Crippen LogP contribution in [-0.2, 0) is 0 Å². The number of nitrogens with one attached hydrogen (secondary N) is 2. The van der Waals surface area contributed by atoms with E-state index in [1.165, 1.54) is 12.3 Å². The standard InChI is InChI=1S/C15H15Cl3N2O2/c1-9-5-6-10(2)11(8-9)19-14(15(16,17)18)20-13(21)12-4-3-7-22-12/h3-8,14,19H,1-2H3,(H,20,21)/t14-/m0/s1. The lowest BCUT2D eigenvalue weighted by atomic mass is 10.1. The number of alkyl halides is 3. The number of hydrogen-bond donors (Lipinski definition) is 2. The number of carbonyl (C=O) groups excluding carboxylic acids is 1. The molecular weight excluding hydrogens is 347 g/mol. The summed E-state index contributed by atoms with van der Waals surface area (Å²) in [6, 6.07) is 8.98. The lowest BCUT2D eigenvalue weighted by molar-refractivity contribution is 0.0914. The summed E-state index contributed by atoms with van der Waals surface area (Å²) in [5.41, 5.74) is 2.79. The molecule has 2 aromatic rings. The van der Waals surface area contributed by atoms with Gasteiger partial charge in [0.2, 0.25) is 3.79 Å². The second-order valence-electron chi connectivity index (χ2n) is 4.89. The van der Waals surface area contributed by atoms with Gasteiger partial charge in [-0.15, -0.1) is 0 Å². The van der Waals surface area contributed by atoms with Crippen molar-refractivity contribution in [2.75, 3.05) is 5.32 Å². The van der Waals surface area contributed by atoms with Crippen LogP contribution in [0.1, 0.15) is 21.7 Å². The van der Waals surface area contributed by atoms with Gasteiger partial charge in [0.15, 0.2) is 5.76 Å². The van der Waals surface area contributed by atoms with Gasteiger partial charge in [-0.25, -0.2) is 0 Å². The van der Waals surface area contributed by atoms with Crippen molar-refractivity contribution in [3.63, 3.8) is 0 Å². The smallest absolute Gasteiger partial charge is 0.288 e. The van der Waals surface area contributed by atoms with E-state index in [0.29, 0.717) is 0 Å². The van der Waals surface area contributed by atoms with E-state index in [1.54, 1.807) is 6.07 Å². The van der Waals surface area contributed by atoms with E-state index < -0.39 is 15.9 Å². The molecule has 0 aliphatic rings. The van der Waals surface area contributed by atoms with Crippen LogP contribution in [-0.4, -0.2) is 15.9 Å². The molecule has 1 aromatic heterocycles. The molecule has 7 heteroatoms. The predicted octanol–water partition coefficient (Wildman–Crippen LogP) is 4.43.